The van der Waals surface area contributed by atoms with E-state index in [9.17, 15) is 0 Å². The van der Waals surface area contributed by atoms with Crippen LogP contribution in [0.1, 0.15) is 11.1 Å². The van der Waals surface area contributed by atoms with Crippen LogP contribution in [-0.4, -0.2) is 9.67 Å². The molecule has 0 unspecified atom stereocenters. The molecular weight excluding hydrogens is 230 g/mol. The number of nitrogens with zero attached hydrogens (tertiary/aromatic N) is 1. The highest BCUT2D eigenvalue weighted by molar-refractivity contribution is 7.17. The van der Waals surface area contributed by atoms with Crippen molar-refractivity contribution in [2.24, 2.45) is 0 Å². The fourth-order valence-electron chi connectivity index (χ4n) is 2.03. The standard InChI is InChI=1S/C14H13NOS/c16-9-11-5-6-15(7-11)8-12-10-17-14-4-2-1-3-13(12)14/h1-7,10,16H,8-9H2. The molecule has 1 aromatic carbocycles. The molecule has 17 heavy (non-hydrogen) atoms. The Balaban J connectivity index is 1.94. The van der Waals surface area contributed by atoms with Crippen LogP contribution in [0.2, 0.25) is 0 Å². The van der Waals surface area contributed by atoms with Crippen LogP contribution in [0.3, 0.4) is 0 Å². The van der Waals surface area contributed by atoms with Gasteiger partial charge in [0.2, 0.25) is 0 Å². The Labute approximate surface area is 104 Å². The number of hydrogen-bond donors (Lipinski definition) is 1. The van der Waals surface area contributed by atoms with Crippen LogP contribution in [0.25, 0.3) is 10.1 Å². The first kappa shape index (κ1) is 10.6. The van der Waals surface area contributed by atoms with E-state index in [0.717, 1.165) is 12.1 Å². The van der Waals surface area contributed by atoms with Gasteiger partial charge in [-0.2, -0.15) is 0 Å². The SMILES string of the molecule is OCc1ccn(Cc2csc3ccccc23)c1. The minimum Gasteiger partial charge on any atom is -0.392 e. The minimum atomic E-state index is 0.109. The molecule has 0 amide bonds. The molecule has 2 heterocycles. The van der Waals surface area contributed by atoms with Crippen LogP contribution in [0.5, 0.6) is 0 Å². The van der Waals surface area contributed by atoms with E-state index < -0.39 is 0 Å². The van der Waals surface area contributed by atoms with Crippen molar-refractivity contribution in [1.82, 2.24) is 4.57 Å². The fraction of sp³-hybridized carbons (Fsp3) is 0.143. The lowest BCUT2D eigenvalue weighted by molar-refractivity contribution is 0.282. The second-order valence-corrected chi connectivity index (χ2v) is 5.02. The molecule has 0 fully saturated rings. The van der Waals surface area contributed by atoms with E-state index in [0.29, 0.717) is 0 Å². The fourth-order valence-corrected chi connectivity index (χ4v) is 2.99. The smallest absolute Gasteiger partial charge is 0.0696 e. The second kappa shape index (κ2) is 4.35. The summed E-state index contributed by atoms with van der Waals surface area (Å²) in [5.74, 6) is 0. The molecule has 0 bridgehead atoms. The van der Waals surface area contributed by atoms with Gasteiger partial charge in [-0.1, -0.05) is 18.2 Å². The van der Waals surface area contributed by atoms with Gasteiger partial charge in [0.05, 0.1) is 6.61 Å². The summed E-state index contributed by atoms with van der Waals surface area (Å²) in [7, 11) is 0. The molecule has 0 aliphatic carbocycles. The zero-order valence-corrected chi connectivity index (χ0v) is 10.2. The number of aliphatic hydroxyl groups is 1. The Hall–Kier alpha value is -1.58. The molecule has 0 aliphatic rings. The Kier molecular flexibility index (Phi) is 2.71. The van der Waals surface area contributed by atoms with Gasteiger partial charge in [-0.15, -0.1) is 11.3 Å². The highest BCUT2D eigenvalue weighted by Gasteiger charge is 2.04. The molecule has 1 N–H and O–H groups in total. The highest BCUT2D eigenvalue weighted by atomic mass is 32.1. The molecule has 2 aromatic heterocycles. The maximum atomic E-state index is 9.04. The monoisotopic (exact) mass is 243 g/mol. The van der Waals surface area contributed by atoms with Gasteiger partial charge in [-0.25, -0.2) is 0 Å². The number of rotatable bonds is 3. The zero-order valence-electron chi connectivity index (χ0n) is 9.34. The van der Waals surface area contributed by atoms with Crippen LogP contribution < -0.4 is 0 Å². The van der Waals surface area contributed by atoms with E-state index in [1.54, 1.807) is 11.3 Å². The summed E-state index contributed by atoms with van der Waals surface area (Å²) in [4.78, 5) is 0. The van der Waals surface area contributed by atoms with Crippen LogP contribution in [0.4, 0.5) is 0 Å². The summed E-state index contributed by atoms with van der Waals surface area (Å²) in [5, 5.41) is 12.6. The van der Waals surface area contributed by atoms with Crippen LogP contribution >= 0.6 is 11.3 Å². The van der Waals surface area contributed by atoms with Crippen molar-refractivity contribution in [1.29, 1.82) is 0 Å². The lowest BCUT2D eigenvalue weighted by Crippen LogP contribution is -1.95. The van der Waals surface area contributed by atoms with E-state index in [-0.39, 0.29) is 6.61 Å². The molecule has 0 spiro atoms. The van der Waals surface area contributed by atoms with Crippen molar-refractivity contribution in [3.05, 3.63) is 59.2 Å². The molecule has 3 rings (SSSR count). The Morgan fingerprint density at radius 3 is 2.88 bits per heavy atom. The molecule has 3 heteroatoms. The number of fused-ring (bicyclic) bond motifs is 1. The lowest BCUT2D eigenvalue weighted by Gasteiger charge is -2.01. The molecule has 0 atom stereocenters. The van der Waals surface area contributed by atoms with Crippen molar-refractivity contribution in [2.75, 3.05) is 0 Å². The highest BCUT2D eigenvalue weighted by Crippen LogP contribution is 2.26. The van der Waals surface area contributed by atoms with Crippen LogP contribution in [0.15, 0.2) is 48.1 Å². The number of hydrogen-bond acceptors (Lipinski definition) is 2. The van der Waals surface area contributed by atoms with Gasteiger partial charge in [0, 0.05) is 23.6 Å². The van der Waals surface area contributed by atoms with Gasteiger partial charge in [0.25, 0.3) is 0 Å². The maximum Gasteiger partial charge on any atom is 0.0696 e. The summed E-state index contributed by atoms with van der Waals surface area (Å²) in [6.45, 7) is 0.974. The molecule has 86 valence electrons. The van der Waals surface area contributed by atoms with E-state index in [2.05, 4.69) is 34.2 Å². The second-order valence-electron chi connectivity index (χ2n) is 4.11. The van der Waals surface area contributed by atoms with Crippen molar-refractivity contribution in [3.8, 4) is 0 Å². The quantitative estimate of drug-likeness (QED) is 0.750. The summed E-state index contributed by atoms with van der Waals surface area (Å²) in [6, 6.07) is 10.4. The van der Waals surface area contributed by atoms with Gasteiger partial charge in [-0.3, -0.25) is 0 Å². The number of aliphatic hydroxyl groups excluding tert-OH is 1. The number of aromatic nitrogens is 1. The van der Waals surface area contributed by atoms with Crippen molar-refractivity contribution < 1.29 is 5.11 Å². The molecule has 0 aliphatic heterocycles. The van der Waals surface area contributed by atoms with Gasteiger partial charge in [0.1, 0.15) is 0 Å². The molecular formula is C14H13NOS. The summed E-state index contributed by atoms with van der Waals surface area (Å²) in [6.07, 6.45) is 4.00. The molecule has 2 nitrogen and oxygen atoms in total. The average Bonchev–Trinajstić information content (AvgIpc) is 2.97. The predicted octanol–water partition coefficient (Wildman–Crippen LogP) is 3.24. The zero-order chi connectivity index (χ0) is 11.7. The van der Waals surface area contributed by atoms with Crippen LogP contribution in [0, 0.1) is 0 Å². The molecule has 0 radical (unpaired) electrons. The molecule has 0 saturated heterocycles. The first-order valence-electron chi connectivity index (χ1n) is 5.57. The first-order chi connectivity index (χ1) is 8.36. The number of thiophene rings is 1. The first-order valence-corrected chi connectivity index (χ1v) is 6.45. The Morgan fingerprint density at radius 1 is 1.18 bits per heavy atom. The average molecular weight is 243 g/mol. The summed E-state index contributed by atoms with van der Waals surface area (Å²) >= 11 is 1.78. The van der Waals surface area contributed by atoms with E-state index in [1.807, 2.05) is 18.5 Å². The van der Waals surface area contributed by atoms with Gasteiger partial charge in [0.15, 0.2) is 0 Å². The van der Waals surface area contributed by atoms with Crippen LogP contribution in [-0.2, 0) is 13.2 Å². The summed E-state index contributed by atoms with van der Waals surface area (Å²) < 4.78 is 3.44. The van der Waals surface area contributed by atoms with Gasteiger partial charge >= 0.3 is 0 Å². The molecule has 3 aromatic rings. The van der Waals surface area contributed by atoms with E-state index in [1.165, 1.54) is 15.6 Å². The number of benzene rings is 1. The van der Waals surface area contributed by atoms with E-state index in [4.69, 9.17) is 5.11 Å². The largest absolute Gasteiger partial charge is 0.392 e. The predicted molar refractivity (Wildman–Crippen MR) is 71.3 cm³/mol. The topological polar surface area (TPSA) is 25.2 Å². The van der Waals surface area contributed by atoms with Gasteiger partial charge < -0.3 is 9.67 Å². The Morgan fingerprint density at radius 2 is 2.06 bits per heavy atom. The third kappa shape index (κ3) is 1.99. The van der Waals surface area contributed by atoms with Crippen molar-refractivity contribution in [2.45, 2.75) is 13.2 Å². The summed E-state index contributed by atoms with van der Waals surface area (Å²) in [5.41, 5.74) is 2.30. The van der Waals surface area contributed by atoms with Gasteiger partial charge in [-0.05, 0) is 34.0 Å². The Bertz CT molecular complexity index is 638. The van der Waals surface area contributed by atoms with Crippen molar-refractivity contribution >= 4 is 21.4 Å². The minimum absolute atomic E-state index is 0.109. The lowest BCUT2D eigenvalue weighted by atomic mass is 10.2. The van der Waals surface area contributed by atoms with E-state index >= 15 is 0 Å². The van der Waals surface area contributed by atoms with Crippen molar-refractivity contribution in [3.63, 3.8) is 0 Å². The maximum absolute atomic E-state index is 9.04. The molecule has 0 saturated carbocycles. The third-order valence-corrected chi connectivity index (χ3v) is 3.92. The normalized spacial score (nSPS) is 11.1. The third-order valence-electron chi connectivity index (χ3n) is 2.91.